The van der Waals surface area contributed by atoms with Crippen LogP contribution in [0.15, 0.2) is 30.3 Å². The first-order valence-corrected chi connectivity index (χ1v) is 10.0. The van der Waals surface area contributed by atoms with Crippen LogP contribution in [0.4, 0.5) is 11.4 Å². The van der Waals surface area contributed by atoms with Crippen LogP contribution in [-0.4, -0.2) is 34.7 Å². The molecule has 0 aliphatic carbocycles. The van der Waals surface area contributed by atoms with Crippen LogP contribution in [0.2, 0.25) is 0 Å². The third kappa shape index (κ3) is 4.22. The first-order valence-electron chi connectivity index (χ1n) is 9.20. The molecule has 1 aromatic heterocycles. The minimum Gasteiger partial charge on any atom is -0.338 e. The number of hydrogen-bond donors (Lipinski definition) is 1. The molecule has 8 heteroatoms. The molecular weight excluding hydrogens is 378 g/mol. The van der Waals surface area contributed by atoms with Gasteiger partial charge in [-0.2, -0.15) is 0 Å². The normalized spacial score (nSPS) is 19.3. The predicted octanol–water partition coefficient (Wildman–Crippen LogP) is 4.34. The van der Waals surface area contributed by atoms with Gasteiger partial charge in [-0.05, 0) is 37.3 Å². The monoisotopic (exact) mass is 401 g/mol. The summed E-state index contributed by atoms with van der Waals surface area (Å²) in [6, 6.07) is 8.16. The van der Waals surface area contributed by atoms with Crippen LogP contribution in [-0.2, 0) is 0 Å². The van der Waals surface area contributed by atoms with Crippen LogP contribution in [0, 0.1) is 28.9 Å². The van der Waals surface area contributed by atoms with E-state index in [0.29, 0.717) is 41.1 Å². The first-order chi connectivity index (χ1) is 13.3. The van der Waals surface area contributed by atoms with E-state index < -0.39 is 10.8 Å². The quantitative estimate of drug-likeness (QED) is 0.609. The number of aryl methyl sites for hydroxylation is 1. The zero-order chi connectivity index (χ0) is 20.4. The van der Waals surface area contributed by atoms with Crippen LogP contribution < -0.4 is 5.32 Å². The average molecular weight is 401 g/mol. The second-order valence-electron chi connectivity index (χ2n) is 7.47. The van der Waals surface area contributed by atoms with Crippen molar-refractivity contribution in [3.63, 3.8) is 0 Å². The molecule has 0 radical (unpaired) electrons. The largest absolute Gasteiger partial charge is 0.338 e. The fourth-order valence-electron chi connectivity index (χ4n) is 3.73. The van der Waals surface area contributed by atoms with Crippen molar-refractivity contribution in [1.82, 2.24) is 4.90 Å². The van der Waals surface area contributed by atoms with Gasteiger partial charge in [0.05, 0.1) is 25.9 Å². The van der Waals surface area contributed by atoms with Crippen LogP contribution in [0.1, 0.15) is 45.2 Å². The molecular formula is C20H23N3O4S. The van der Waals surface area contributed by atoms with E-state index >= 15 is 0 Å². The van der Waals surface area contributed by atoms with Gasteiger partial charge in [0, 0.05) is 19.2 Å². The second kappa shape index (κ2) is 8.10. The van der Waals surface area contributed by atoms with E-state index in [1.165, 1.54) is 6.07 Å². The summed E-state index contributed by atoms with van der Waals surface area (Å²) in [4.78, 5) is 38.7. The van der Waals surface area contributed by atoms with Gasteiger partial charge in [-0.15, -0.1) is 11.3 Å². The van der Waals surface area contributed by atoms with Gasteiger partial charge in [0.1, 0.15) is 0 Å². The van der Waals surface area contributed by atoms with Crippen molar-refractivity contribution < 1.29 is 14.5 Å². The first kappa shape index (κ1) is 20.0. The number of benzene rings is 1. The molecule has 3 rings (SSSR count). The fourth-order valence-corrected chi connectivity index (χ4v) is 4.61. The Balaban J connectivity index is 1.82. The van der Waals surface area contributed by atoms with Gasteiger partial charge in [-0.25, -0.2) is 0 Å². The molecule has 1 N–H and O–H groups in total. The summed E-state index contributed by atoms with van der Waals surface area (Å²) in [5.41, 5.74) is 0.771. The van der Waals surface area contributed by atoms with Gasteiger partial charge < -0.3 is 10.2 Å². The topological polar surface area (TPSA) is 92.6 Å². The Labute approximate surface area is 167 Å². The maximum atomic E-state index is 13.1. The minimum atomic E-state index is -0.501. The number of thiophene rings is 1. The maximum Gasteiger partial charge on any atom is 0.283 e. The number of piperidine rings is 1. The van der Waals surface area contributed by atoms with Gasteiger partial charge in [0.15, 0.2) is 0 Å². The third-order valence-electron chi connectivity index (χ3n) is 4.87. The molecule has 1 aliphatic rings. The number of amides is 2. The summed E-state index contributed by atoms with van der Waals surface area (Å²) in [7, 11) is 0. The molecule has 2 aromatic rings. The van der Waals surface area contributed by atoms with Crippen LogP contribution in [0.25, 0.3) is 0 Å². The minimum absolute atomic E-state index is 0.0733. The van der Waals surface area contributed by atoms with E-state index in [2.05, 4.69) is 19.2 Å². The van der Waals surface area contributed by atoms with Crippen molar-refractivity contribution in [2.24, 2.45) is 11.8 Å². The maximum absolute atomic E-state index is 13.1. The highest BCUT2D eigenvalue weighted by Gasteiger charge is 2.28. The average Bonchev–Trinajstić information content (AvgIpc) is 3.03. The Bertz CT molecular complexity index is 914. The second-order valence-corrected chi connectivity index (χ2v) is 8.72. The van der Waals surface area contributed by atoms with E-state index in [0.717, 1.165) is 17.8 Å². The molecule has 0 bridgehead atoms. The molecule has 148 valence electrons. The standard InChI is InChI=1S/C20H23N3O4S/c1-12-8-13(2)11-22(10-12)20(25)15-6-4-5-7-16(15)21-19(24)18-9-17(23(26)27)14(3)28-18/h4-7,9,12-13H,8,10-11H2,1-3H3,(H,21,24)/t12-,13-/m0/s1. The lowest BCUT2D eigenvalue weighted by Crippen LogP contribution is -2.42. The van der Waals surface area contributed by atoms with Crippen molar-refractivity contribution in [2.75, 3.05) is 18.4 Å². The highest BCUT2D eigenvalue weighted by atomic mass is 32.1. The molecule has 0 spiro atoms. The number of carbonyl (C=O) groups excluding carboxylic acids is 2. The Hall–Kier alpha value is -2.74. The zero-order valence-corrected chi connectivity index (χ0v) is 16.9. The number of carbonyl (C=O) groups is 2. The Morgan fingerprint density at radius 2 is 1.86 bits per heavy atom. The Kier molecular flexibility index (Phi) is 5.79. The Morgan fingerprint density at radius 3 is 2.46 bits per heavy atom. The summed E-state index contributed by atoms with van der Waals surface area (Å²) in [5.74, 6) is 0.303. The van der Waals surface area contributed by atoms with E-state index in [1.807, 2.05) is 4.90 Å². The van der Waals surface area contributed by atoms with Gasteiger partial charge in [0.2, 0.25) is 0 Å². The zero-order valence-electron chi connectivity index (χ0n) is 16.1. The van der Waals surface area contributed by atoms with E-state index in [1.54, 1.807) is 31.2 Å². The van der Waals surface area contributed by atoms with Crippen LogP contribution >= 0.6 is 11.3 Å². The highest BCUT2D eigenvalue weighted by molar-refractivity contribution is 7.14. The number of nitrogens with one attached hydrogen (secondary N) is 1. The van der Waals surface area contributed by atoms with E-state index in [9.17, 15) is 19.7 Å². The molecule has 1 aromatic carbocycles. The molecule has 2 atom stereocenters. The summed E-state index contributed by atoms with van der Waals surface area (Å²) in [6.45, 7) is 7.27. The number of nitro groups is 1. The van der Waals surface area contributed by atoms with Crippen molar-refractivity contribution in [1.29, 1.82) is 0 Å². The number of rotatable bonds is 4. The highest BCUT2D eigenvalue weighted by Crippen LogP contribution is 2.29. The molecule has 7 nitrogen and oxygen atoms in total. The molecule has 1 saturated heterocycles. The number of nitrogens with zero attached hydrogens (tertiary/aromatic N) is 2. The van der Waals surface area contributed by atoms with Crippen LogP contribution in [0.3, 0.4) is 0 Å². The molecule has 2 heterocycles. The lowest BCUT2D eigenvalue weighted by Gasteiger charge is -2.35. The van der Waals surface area contributed by atoms with Crippen molar-refractivity contribution in [3.05, 3.63) is 55.8 Å². The molecule has 1 aliphatic heterocycles. The van der Waals surface area contributed by atoms with Crippen LogP contribution in [0.5, 0.6) is 0 Å². The lowest BCUT2D eigenvalue weighted by molar-refractivity contribution is -0.385. The predicted molar refractivity (Wildman–Crippen MR) is 109 cm³/mol. The molecule has 0 saturated carbocycles. The molecule has 2 amide bonds. The third-order valence-corrected chi connectivity index (χ3v) is 5.91. The van der Waals surface area contributed by atoms with E-state index in [4.69, 9.17) is 0 Å². The number of hydrogen-bond acceptors (Lipinski definition) is 5. The van der Waals surface area contributed by atoms with Gasteiger partial charge in [0.25, 0.3) is 17.5 Å². The SMILES string of the molecule is Cc1sc(C(=O)Nc2ccccc2C(=O)N2C[C@@H](C)C[C@H](C)C2)cc1[N+](=O)[O-]. The molecule has 28 heavy (non-hydrogen) atoms. The van der Waals surface area contributed by atoms with Crippen molar-refractivity contribution in [2.45, 2.75) is 27.2 Å². The van der Waals surface area contributed by atoms with Gasteiger partial charge in [-0.3, -0.25) is 19.7 Å². The smallest absolute Gasteiger partial charge is 0.283 e. The van der Waals surface area contributed by atoms with Gasteiger partial charge >= 0.3 is 0 Å². The lowest BCUT2D eigenvalue weighted by atomic mass is 9.91. The molecule has 0 unspecified atom stereocenters. The van der Waals surface area contributed by atoms with E-state index in [-0.39, 0.29) is 16.5 Å². The molecule has 1 fully saturated rings. The number of para-hydroxylation sites is 1. The number of anilines is 1. The summed E-state index contributed by atoms with van der Waals surface area (Å²) in [5, 5.41) is 13.8. The summed E-state index contributed by atoms with van der Waals surface area (Å²) in [6.07, 6.45) is 1.10. The Morgan fingerprint density at radius 1 is 1.21 bits per heavy atom. The number of likely N-dealkylation sites (tertiary alicyclic amines) is 1. The fraction of sp³-hybridized carbons (Fsp3) is 0.400. The van der Waals surface area contributed by atoms with Crippen molar-refractivity contribution in [3.8, 4) is 0 Å². The van der Waals surface area contributed by atoms with Crippen molar-refractivity contribution >= 4 is 34.5 Å². The van der Waals surface area contributed by atoms with Gasteiger partial charge in [-0.1, -0.05) is 26.0 Å². The summed E-state index contributed by atoms with van der Waals surface area (Å²) >= 11 is 1.06. The summed E-state index contributed by atoms with van der Waals surface area (Å²) < 4.78 is 0.